The van der Waals surface area contributed by atoms with Crippen molar-refractivity contribution in [1.29, 1.82) is 0 Å². The van der Waals surface area contributed by atoms with Gasteiger partial charge >= 0.3 is 5.97 Å². The van der Waals surface area contributed by atoms with Crippen LogP contribution in [0.3, 0.4) is 0 Å². The molecular weight excluding hydrogens is 444 g/mol. The quantitative estimate of drug-likeness (QED) is 0.365. The molecule has 3 aromatic rings. The van der Waals surface area contributed by atoms with Gasteiger partial charge in [0.2, 0.25) is 0 Å². The maximum atomic E-state index is 11.8. The van der Waals surface area contributed by atoms with Gasteiger partial charge in [-0.3, -0.25) is 4.79 Å². The lowest BCUT2D eigenvalue weighted by Gasteiger charge is -2.36. The summed E-state index contributed by atoms with van der Waals surface area (Å²) in [6.07, 6.45) is 6.10. The molecule has 2 aromatic heterocycles. The minimum absolute atomic E-state index is 0.0353. The van der Waals surface area contributed by atoms with E-state index in [1.54, 1.807) is 6.07 Å². The molecule has 2 fully saturated rings. The zero-order valence-electron chi connectivity index (χ0n) is 20.5. The second-order valence-corrected chi connectivity index (χ2v) is 10.6. The van der Waals surface area contributed by atoms with Gasteiger partial charge in [0.25, 0.3) is 5.88 Å². The number of carboxylic acids is 1. The summed E-state index contributed by atoms with van der Waals surface area (Å²) in [7, 11) is 0. The molecule has 1 aromatic carbocycles. The molecule has 0 saturated heterocycles. The lowest BCUT2D eigenvalue weighted by molar-refractivity contribution is -0.137. The minimum atomic E-state index is -0.859. The Bertz CT molecular complexity index is 1130. The number of hydrogen-bond acceptors (Lipinski definition) is 6. The third-order valence-corrected chi connectivity index (χ3v) is 7.07. The molecule has 0 aliphatic heterocycles. The zero-order chi connectivity index (χ0) is 24.4. The Labute approximate surface area is 205 Å². The van der Waals surface area contributed by atoms with Gasteiger partial charge in [-0.15, -0.1) is 10.2 Å². The summed E-state index contributed by atoms with van der Waals surface area (Å²) in [5.74, 6) is 3.49. The first-order valence-corrected chi connectivity index (χ1v) is 12.7. The Morgan fingerprint density at radius 2 is 1.97 bits per heavy atom. The summed E-state index contributed by atoms with van der Waals surface area (Å²) >= 11 is 0. The van der Waals surface area contributed by atoms with Crippen molar-refractivity contribution in [1.82, 2.24) is 19.9 Å². The van der Waals surface area contributed by atoms with E-state index in [-0.39, 0.29) is 12.3 Å². The first-order valence-electron chi connectivity index (χ1n) is 12.7. The molecule has 2 aliphatic rings. The molecule has 0 spiro atoms. The molecule has 1 N–H and O–H groups in total. The Kier molecular flexibility index (Phi) is 6.88. The minimum Gasteiger partial charge on any atom is -0.481 e. The van der Waals surface area contributed by atoms with Crippen LogP contribution < -0.4 is 4.74 Å². The van der Waals surface area contributed by atoms with Crippen molar-refractivity contribution in [3.05, 3.63) is 59.4 Å². The third-order valence-electron chi connectivity index (χ3n) is 7.07. The highest BCUT2D eigenvalue weighted by atomic mass is 16.5. The van der Waals surface area contributed by atoms with Crippen LogP contribution in [0.2, 0.25) is 0 Å². The van der Waals surface area contributed by atoms with E-state index >= 15 is 0 Å². The highest BCUT2D eigenvalue weighted by Gasteiger charge is 2.39. The van der Waals surface area contributed by atoms with E-state index in [1.807, 2.05) is 30.3 Å². The van der Waals surface area contributed by atoms with Gasteiger partial charge in [-0.2, -0.15) is 0 Å². The molecule has 0 amide bonds. The van der Waals surface area contributed by atoms with Crippen LogP contribution in [0.1, 0.15) is 93.2 Å². The maximum Gasteiger partial charge on any atom is 0.304 e. The van der Waals surface area contributed by atoms with Gasteiger partial charge in [-0.25, -0.2) is 0 Å². The number of rotatable bonds is 12. The van der Waals surface area contributed by atoms with Crippen LogP contribution in [0.25, 0.3) is 0 Å². The fraction of sp³-hybridized carbons (Fsp3) is 0.556. The predicted octanol–water partition coefficient (Wildman–Crippen LogP) is 5.52. The number of carboxylic acid groups (broad SMARTS) is 1. The van der Waals surface area contributed by atoms with Crippen molar-refractivity contribution in [2.45, 2.75) is 83.3 Å². The molecule has 186 valence electrons. The summed E-state index contributed by atoms with van der Waals surface area (Å²) in [6.45, 7) is 4.94. The molecule has 2 heterocycles. The first kappa shape index (κ1) is 23.6. The van der Waals surface area contributed by atoms with Crippen molar-refractivity contribution in [3.8, 4) is 5.88 Å². The predicted molar refractivity (Wildman–Crippen MR) is 129 cm³/mol. The highest BCUT2D eigenvalue weighted by molar-refractivity contribution is 5.67. The molecule has 1 unspecified atom stereocenters. The number of hydrogen-bond donors (Lipinski definition) is 1. The van der Waals surface area contributed by atoms with Crippen LogP contribution in [-0.2, 0) is 17.8 Å². The van der Waals surface area contributed by atoms with E-state index in [2.05, 4.69) is 33.8 Å². The topological polar surface area (TPSA) is 103 Å². The smallest absolute Gasteiger partial charge is 0.304 e. The van der Waals surface area contributed by atoms with E-state index in [0.29, 0.717) is 42.5 Å². The van der Waals surface area contributed by atoms with Crippen LogP contribution >= 0.6 is 0 Å². The molecule has 1 atom stereocenters. The lowest BCUT2D eigenvalue weighted by atomic mass is 9.71. The van der Waals surface area contributed by atoms with E-state index in [0.717, 1.165) is 48.8 Å². The normalized spacial score (nSPS) is 20.5. The fourth-order valence-electron chi connectivity index (χ4n) is 5.28. The second kappa shape index (κ2) is 10.2. The van der Waals surface area contributed by atoms with Gasteiger partial charge in [-0.05, 0) is 54.7 Å². The number of benzene rings is 1. The van der Waals surface area contributed by atoms with Crippen LogP contribution in [-0.4, -0.2) is 31.0 Å². The van der Waals surface area contributed by atoms with Crippen molar-refractivity contribution < 1.29 is 19.2 Å². The van der Waals surface area contributed by atoms with Crippen LogP contribution in [0.15, 0.2) is 40.9 Å². The van der Waals surface area contributed by atoms with Gasteiger partial charge in [0, 0.05) is 30.4 Å². The molecule has 0 radical (unpaired) electrons. The van der Waals surface area contributed by atoms with Crippen molar-refractivity contribution in [2.24, 2.45) is 11.8 Å². The van der Waals surface area contributed by atoms with Gasteiger partial charge in [0.15, 0.2) is 0 Å². The molecule has 5 rings (SSSR count). The number of aromatic nitrogens is 4. The summed E-state index contributed by atoms with van der Waals surface area (Å²) in [5.41, 5.74) is 1.04. The second-order valence-electron chi connectivity index (χ2n) is 10.6. The summed E-state index contributed by atoms with van der Waals surface area (Å²) in [6, 6.07) is 12.0. The Morgan fingerprint density at radius 3 is 2.66 bits per heavy atom. The van der Waals surface area contributed by atoms with Crippen LogP contribution in [0, 0.1) is 11.8 Å². The Morgan fingerprint density at radius 1 is 1.20 bits per heavy atom. The van der Waals surface area contributed by atoms with E-state index in [4.69, 9.17) is 9.26 Å². The summed E-state index contributed by atoms with van der Waals surface area (Å²) in [4.78, 5) is 11.8. The average Bonchev–Trinajstić information content (AvgIpc) is 3.38. The maximum absolute atomic E-state index is 11.8. The standard InChI is InChI=1S/C27H34N4O4/c1-17(2)10-19-11-20(12-19)26-28-29-27(31(26)22-8-9-22)21(14-25(32)33)13-23-15-24(30-35-23)34-16-18-6-4-3-5-7-18/h3-7,15,17,19-22H,8-14,16H2,1-2H3,(H,32,33). The van der Waals surface area contributed by atoms with Gasteiger partial charge in [0.1, 0.15) is 24.0 Å². The van der Waals surface area contributed by atoms with Crippen LogP contribution in [0.4, 0.5) is 0 Å². The van der Waals surface area contributed by atoms with Crippen molar-refractivity contribution in [3.63, 3.8) is 0 Å². The highest BCUT2D eigenvalue weighted by Crippen LogP contribution is 2.48. The third kappa shape index (κ3) is 5.74. The van der Waals surface area contributed by atoms with E-state index < -0.39 is 5.97 Å². The van der Waals surface area contributed by atoms with Crippen LogP contribution in [0.5, 0.6) is 5.88 Å². The van der Waals surface area contributed by atoms with Crippen molar-refractivity contribution in [2.75, 3.05) is 0 Å². The number of ether oxygens (including phenoxy) is 1. The average molecular weight is 479 g/mol. The van der Waals surface area contributed by atoms with E-state index in [1.165, 1.54) is 6.42 Å². The van der Waals surface area contributed by atoms with Crippen molar-refractivity contribution >= 4 is 5.97 Å². The summed E-state index contributed by atoms with van der Waals surface area (Å²) < 4.78 is 13.5. The molecule has 8 heteroatoms. The molecule has 35 heavy (non-hydrogen) atoms. The Balaban J connectivity index is 1.30. The number of nitrogens with zero attached hydrogens (tertiary/aromatic N) is 4. The molecule has 8 nitrogen and oxygen atoms in total. The van der Waals surface area contributed by atoms with Gasteiger partial charge in [-0.1, -0.05) is 44.2 Å². The first-order chi connectivity index (χ1) is 17.0. The monoisotopic (exact) mass is 478 g/mol. The Hall–Kier alpha value is -3.16. The van der Waals surface area contributed by atoms with Gasteiger partial charge in [0.05, 0.1) is 6.42 Å². The number of carbonyl (C=O) groups is 1. The summed E-state index contributed by atoms with van der Waals surface area (Å²) in [5, 5.41) is 22.8. The molecule has 0 bridgehead atoms. The van der Waals surface area contributed by atoms with E-state index in [9.17, 15) is 9.90 Å². The number of aliphatic carboxylic acids is 1. The molecule has 2 saturated carbocycles. The fourth-order valence-corrected chi connectivity index (χ4v) is 5.28. The lowest BCUT2D eigenvalue weighted by Crippen LogP contribution is -2.26. The molecular formula is C27H34N4O4. The zero-order valence-corrected chi connectivity index (χ0v) is 20.5. The largest absolute Gasteiger partial charge is 0.481 e. The SMILES string of the molecule is CC(C)CC1CC(c2nnc(C(CC(=O)O)Cc3cc(OCc4ccccc4)no3)n2C2CC2)C1. The van der Waals surface area contributed by atoms with Gasteiger partial charge < -0.3 is 18.9 Å². The molecule has 2 aliphatic carbocycles.